The summed E-state index contributed by atoms with van der Waals surface area (Å²) >= 11 is 3.16. The number of amides is 1. The third kappa shape index (κ3) is 3.98. The highest BCUT2D eigenvalue weighted by molar-refractivity contribution is 9.10. The third-order valence-corrected chi connectivity index (χ3v) is 3.22. The fourth-order valence-corrected chi connectivity index (χ4v) is 1.98. The van der Waals surface area contributed by atoms with Crippen LogP contribution < -0.4 is 10.1 Å². The number of ether oxygens (including phenoxy) is 1. The summed E-state index contributed by atoms with van der Waals surface area (Å²) in [5.74, 6) is -1.47. The molecule has 0 atom stereocenters. The topological polar surface area (TPSA) is 38.3 Å². The molecule has 1 N–H and O–H groups in total. The molecule has 2 aromatic carbocycles. The Bertz CT molecular complexity index is 664. The van der Waals surface area contributed by atoms with Gasteiger partial charge in [-0.25, -0.2) is 4.39 Å². The van der Waals surface area contributed by atoms with Gasteiger partial charge in [-0.15, -0.1) is 0 Å². The van der Waals surface area contributed by atoms with Crippen LogP contribution in [0.3, 0.4) is 0 Å². The fraction of sp³-hybridized carbons (Fsp3) is 0.0714. The minimum atomic E-state index is -3.04. The molecule has 0 saturated carbocycles. The lowest BCUT2D eigenvalue weighted by atomic mass is 10.2. The van der Waals surface area contributed by atoms with Crippen molar-refractivity contribution in [1.82, 2.24) is 0 Å². The average molecular weight is 360 g/mol. The van der Waals surface area contributed by atoms with Gasteiger partial charge in [0, 0.05) is 4.47 Å². The van der Waals surface area contributed by atoms with E-state index in [2.05, 4.69) is 26.0 Å². The first-order chi connectivity index (χ1) is 9.97. The van der Waals surface area contributed by atoms with Crippen molar-refractivity contribution in [3.05, 3.63) is 58.3 Å². The molecular formula is C14H9BrF3NO2. The SMILES string of the molecule is O=C(Nc1cc(F)ccc1Br)c1ccccc1OC(F)F. The number of nitrogens with one attached hydrogen (secondary N) is 1. The van der Waals surface area contributed by atoms with Crippen LogP contribution in [0.15, 0.2) is 46.9 Å². The number of carbonyl (C=O) groups excluding carboxylic acids is 1. The van der Waals surface area contributed by atoms with E-state index in [-0.39, 0.29) is 17.0 Å². The summed E-state index contributed by atoms with van der Waals surface area (Å²) in [5.41, 5.74) is 0.112. The van der Waals surface area contributed by atoms with Crippen molar-refractivity contribution < 1.29 is 22.7 Å². The van der Waals surface area contributed by atoms with Crippen LogP contribution in [-0.2, 0) is 0 Å². The molecule has 7 heteroatoms. The first kappa shape index (κ1) is 15.4. The van der Waals surface area contributed by atoms with Crippen LogP contribution in [0, 0.1) is 5.82 Å². The first-order valence-corrected chi connectivity index (χ1v) is 6.57. The zero-order chi connectivity index (χ0) is 15.4. The Balaban J connectivity index is 2.26. The van der Waals surface area contributed by atoms with Crippen LogP contribution in [-0.4, -0.2) is 12.5 Å². The quantitative estimate of drug-likeness (QED) is 0.876. The Morgan fingerprint density at radius 1 is 1.19 bits per heavy atom. The van der Waals surface area contributed by atoms with Gasteiger partial charge in [0.15, 0.2) is 0 Å². The van der Waals surface area contributed by atoms with Gasteiger partial charge >= 0.3 is 6.61 Å². The molecule has 1 amide bonds. The maximum Gasteiger partial charge on any atom is 0.387 e. The second kappa shape index (κ2) is 6.62. The van der Waals surface area contributed by atoms with E-state index in [1.165, 1.54) is 36.4 Å². The van der Waals surface area contributed by atoms with Crippen LogP contribution >= 0.6 is 15.9 Å². The van der Waals surface area contributed by atoms with Gasteiger partial charge in [0.1, 0.15) is 11.6 Å². The van der Waals surface area contributed by atoms with Gasteiger partial charge in [-0.05, 0) is 46.3 Å². The number of anilines is 1. The third-order valence-electron chi connectivity index (χ3n) is 2.52. The standard InChI is InChI=1S/C14H9BrF3NO2/c15-10-6-5-8(16)7-11(10)19-13(20)9-3-1-2-4-12(9)21-14(17)18/h1-7,14H,(H,19,20). The zero-order valence-corrected chi connectivity index (χ0v) is 12.0. The molecule has 3 nitrogen and oxygen atoms in total. The number of hydrogen-bond acceptors (Lipinski definition) is 2. The van der Waals surface area contributed by atoms with E-state index in [1.54, 1.807) is 0 Å². The fourth-order valence-electron chi connectivity index (χ4n) is 1.64. The molecule has 0 radical (unpaired) electrons. The second-order valence-electron chi connectivity index (χ2n) is 3.95. The largest absolute Gasteiger partial charge is 0.434 e. The molecule has 0 spiro atoms. The lowest BCUT2D eigenvalue weighted by molar-refractivity contribution is -0.0501. The molecule has 2 aromatic rings. The van der Waals surface area contributed by atoms with E-state index >= 15 is 0 Å². The molecule has 21 heavy (non-hydrogen) atoms. The number of hydrogen-bond donors (Lipinski definition) is 1. The van der Waals surface area contributed by atoms with E-state index in [4.69, 9.17) is 0 Å². The van der Waals surface area contributed by atoms with Gasteiger partial charge in [0.05, 0.1) is 11.3 Å². The summed E-state index contributed by atoms with van der Waals surface area (Å²) in [5, 5.41) is 2.43. The van der Waals surface area contributed by atoms with Crippen molar-refractivity contribution in [2.24, 2.45) is 0 Å². The monoisotopic (exact) mass is 359 g/mol. The number of benzene rings is 2. The minimum Gasteiger partial charge on any atom is -0.434 e. The van der Waals surface area contributed by atoms with Crippen molar-refractivity contribution in [3.63, 3.8) is 0 Å². The Morgan fingerprint density at radius 3 is 2.62 bits per heavy atom. The maximum atomic E-state index is 13.2. The molecule has 0 unspecified atom stereocenters. The van der Waals surface area contributed by atoms with Crippen molar-refractivity contribution in [3.8, 4) is 5.75 Å². The normalized spacial score (nSPS) is 10.5. The second-order valence-corrected chi connectivity index (χ2v) is 4.81. The van der Waals surface area contributed by atoms with Crippen molar-refractivity contribution in [2.75, 3.05) is 5.32 Å². The van der Waals surface area contributed by atoms with Gasteiger partial charge in [-0.1, -0.05) is 12.1 Å². The Hall–Kier alpha value is -2.02. The van der Waals surface area contributed by atoms with E-state index in [0.717, 1.165) is 6.07 Å². The zero-order valence-electron chi connectivity index (χ0n) is 10.4. The van der Waals surface area contributed by atoms with Gasteiger partial charge in [-0.3, -0.25) is 4.79 Å². The maximum absolute atomic E-state index is 13.2. The summed E-state index contributed by atoms with van der Waals surface area (Å²) in [6, 6.07) is 9.31. The smallest absolute Gasteiger partial charge is 0.387 e. The Labute approximate surface area is 126 Å². The van der Waals surface area contributed by atoms with Crippen LogP contribution in [0.5, 0.6) is 5.75 Å². The van der Waals surface area contributed by atoms with Crippen LogP contribution in [0.1, 0.15) is 10.4 Å². The summed E-state index contributed by atoms with van der Waals surface area (Å²) in [4.78, 5) is 12.1. The molecule has 0 aliphatic heterocycles. The minimum absolute atomic E-state index is 0.0750. The van der Waals surface area contributed by atoms with Gasteiger partial charge in [0.2, 0.25) is 0 Å². The first-order valence-electron chi connectivity index (χ1n) is 5.77. The molecule has 110 valence electrons. The number of para-hydroxylation sites is 1. The predicted octanol–water partition coefficient (Wildman–Crippen LogP) is 4.44. The van der Waals surface area contributed by atoms with E-state index < -0.39 is 18.3 Å². The van der Waals surface area contributed by atoms with Crippen molar-refractivity contribution in [1.29, 1.82) is 0 Å². The molecule has 0 saturated heterocycles. The van der Waals surface area contributed by atoms with Crippen molar-refractivity contribution in [2.45, 2.75) is 6.61 Å². The highest BCUT2D eigenvalue weighted by Gasteiger charge is 2.16. The lowest BCUT2D eigenvalue weighted by Crippen LogP contribution is -2.15. The molecule has 0 aromatic heterocycles. The van der Waals surface area contributed by atoms with E-state index in [9.17, 15) is 18.0 Å². The summed E-state index contributed by atoms with van der Waals surface area (Å²) < 4.78 is 42.5. The highest BCUT2D eigenvalue weighted by atomic mass is 79.9. The number of halogens is 4. The van der Waals surface area contributed by atoms with Gasteiger partial charge in [0.25, 0.3) is 5.91 Å². The molecule has 0 aliphatic carbocycles. The van der Waals surface area contributed by atoms with Crippen LogP contribution in [0.4, 0.5) is 18.9 Å². The Kier molecular flexibility index (Phi) is 4.85. The molecule has 0 heterocycles. The van der Waals surface area contributed by atoms with Crippen LogP contribution in [0.25, 0.3) is 0 Å². The van der Waals surface area contributed by atoms with Crippen molar-refractivity contribution >= 4 is 27.5 Å². The molecule has 2 rings (SSSR count). The highest BCUT2D eigenvalue weighted by Crippen LogP contribution is 2.26. The van der Waals surface area contributed by atoms with Gasteiger partial charge < -0.3 is 10.1 Å². The molecule has 0 fully saturated rings. The number of carbonyl (C=O) groups is 1. The summed E-state index contributed by atoms with van der Waals surface area (Å²) in [6.45, 7) is -3.04. The molecule has 0 bridgehead atoms. The van der Waals surface area contributed by atoms with Crippen LogP contribution in [0.2, 0.25) is 0 Å². The van der Waals surface area contributed by atoms with Gasteiger partial charge in [-0.2, -0.15) is 8.78 Å². The summed E-state index contributed by atoms with van der Waals surface area (Å²) in [6.07, 6.45) is 0. The van der Waals surface area contributed by atoms with E-state index in [0.29, 0.717) is 4.47 Å². The molecular weight excluding hydrogens is 351 g/mol. The Morgan fingerprint density at radius 2 is 1.90 bits per heavy atom. The molecule has 0 aliphatic rings. The summed E-state index contributed by atoms with van der Waals surface area (Å²) in [7, 11) is 0. The number of rotatable bonds is 4. The lowest BCUT2D eigenvalue weighted by Gasteiger charge is -2.11. The number of alkyl halides is 2. The average Bonchev–Trinajstić information content (AvgIpc) is 2.42. The predicted molar refractivity (Wildman–Crippen MR) is 75.1 cm³/mol. The van der Waals surface area contributed by atoms with E-state index in [1.807, 2.05) is 0 Å².